The van der Waals surface area contributed by atoms with Gasteiger partial charge in [0.2, 0.25) is 0 Å². The van der Waals surface area contributed by atoms with Gasteiger partial charge in [0.25, 0.3) is 0 Å². The normalized spacial score (nSPS) is 30.0. The summed E-state index contributed by atoms with van der Waals surface area (Å²) >= 11 is 0. The van der Waals surface area contributed by atoms with E-state index in [0.717, 1.165) is 25.9 Å². The topological polar surface area (TPSA) is 44.9 Å². The standard InChI is InChI=1S/C14H18BN2O2/c18-7-6-12-9-17(8-11-4-2-1-3-5-11)10-13(12)16-14-15-19-14/h1-5,7,12-14,16H,6,8-10H2/t12-,13-,14?/m0/s1. The Balaban J connectivity index is 1.59. The minimum Gasteiger partial charge on any atom is -0.425 e. The first-order valence-corrected chi connectivity index (χ1v) is 6.80. The lowest BCUT2D eigenvalue weighted by Crippen LogP contribution is -2.38. The highest BCUT2D eigenvalue weighted by atomic mass is 16.5. The molecule has 4 nitrogen and oxygen atoms in total. The second-order valence-electron chi connectivity index (χ2n) is 5.31. The fraction of sp³-hybridized carbons (Fsp3) is 0.500. The maximum Gasteiger partial charge on any atom is 0.342 e. The molecule has 1 unspecified atom stereocenters. The molecule has 0 bridgehead atoms. The van der Waals surface area contributed by atoms with E-state index in [9.17, 15) is 4.79 Å². The van der Waals surface area contributed by atoms with Crippen LogP contribution in [0.4, 0.5) is 0 Å². The lowest BCUT2D eigenvalue weighted by Gasteiger charge is -2.17. The highest BCUT2D eigenvalue weighted by molar-refractivity contribution is 6.38. The third-order valence-electron chi connectivity index (χ3n) is 3.82. The second-order valence-corrected chi connectivity index (χ2v) is 5.31. The largest absolute Gasteiger partial charge is 0.425 e. The molecule has 19 heavy (non-hydrogen) atoms. The van der Waals surface area contributed by atoms with E-state index in [1.165, 1.54) is 5.56 Å². The van der Waals surface area contributed by atoms with E-state index >= 15 is 0 Å². The smallest absolute Gasteiger partial charge is 0.342 e. The Morgan fingerprint density at radius 2 is 2.16 bits per heavy atom. The summed E-state index contributed by atoms with van der Waals surface area (Å²) in [5, 5.41) is 3.43. The maximum absolute atomic E-state index is 10.8. The predicted octanol–water partition coefficient (Wildman–Crippen LogP) is 0.599. The first-order valence-electron chi connectivity index (χ1n) is 6.80. The van der Waals surface area contributed by atoms with Crippen molar-refractivity contribution in [3.8, 4) is 0 Å². The van der Waals surface area contributed by atoms with Crippen molar-refractivity contribution >= 4 is 13.8 Å². The Kier molecular flexibility index (Phi) is 3.96. The first-order chi connectivity index (χ1) is 9.35. The van der Waals surface area contributed by atoms with Crippen LogP contribution in [0.5, 0.6) is 0 Å². The van der Waals surface area contributed by atoms with Crippen LogP contribution in [-0.4, -0.2) is 43.9 Å². The summed E-state index contributed by atoms with van der Waals surface area (Å²) in [7, 11) is 1.79. The molecule has 99 valence electrons. The molecule has 5 heteroatoms. The number of rotatable bonds is 6. The van der Waals surface area contributed by atoms with Crippen LogP contribution in [-0.2, 0) is 16.0 Å². The van der Waals surface area contributed by atoms with E-state index in [4.69, 9.17) is 4.65 Å². The van der Waals surface area contributed by atoms with Gasteiger partial charge in [-0.05, 0) is 11.5 Å². The Bertz CT molecular complexity index is 425. The van der Waals surface area contributed by atoms with Crippen molar-refractivity contribution in [3.63, 3.8) is 0 Å². The van der Waals surface area contributed by atoms with Crippen LogP contribution in [0.1, 0.15) is 12.0 Å². The zero-order valence-electron chi connectivity index (χ0n) is 10.9. The number of nitrogens with one attached hydrogen (secondary N) is 1. The predicted molar refractivity (Wildman–Crippen MR) is 73.4 cm³/mol. The third-order valence-corrected chi connectivity index (χ3v) is 3.82. The van der Waals surface area contributed by atoms with E-state index in [1.54, 1.807) is 7.48 Å². The van der Waals surface area contributed by atoms with Crippen LogP contribution in [0.3, 0.4) is 0 Å². The number of benzene rings is 1. The van der Waals surface area contributed by atoms with E-state index in [0.29, 0.717) is 18.4 Å². The first kappa shape index (κ1) is 12.8. The summed E-state index contributed by atoms with van der Waals surface area (Å²) in [6, 6.07) is 10.8. The van der Waals surface area contributed by atoms with Gasteiger partial charge in [-0.15, -0.1) is 0 Å². The van der Waals surface area contributed by atoms with Crippen LogP contribution in [0.25, 0.3) is 0 Å². The van der Waals surface area contributed by atoms with Gasteiger partial charge < -0.3 is 9.45 Å². The quantitative estimate of drug-likeness (QED) is 0.460. The van der Waals surface area contributed by atoms with E-state index in [2.05, 4.69) is 34.5 Å². The molecule has 0 saturated carbocycles. The average molecular weight is 257 g/mol. The number of aldehydes is 1. The molecule has 2 aliphatic rings. The lowest BCUT2D eigenvalue weighted by molar-refractivity contribution is -0.108. The van der Waals surface area contributed by atoms with E-state index in [1.807, 2.05) is 6.07 Å². The van der Waals surface area contributed by atoms with Crippen molar-refractivity contribution in [1.29, 1.82) is 0 Å². The summed E-state index contributed by atoms with van der Waals surface area (Å²) in [4.78, 5) is 13.2. The van der Waals surface area contributed by atoms with Crippen LogP contribution < -0.4 is 5.32 Å². The lowest BCUT2D eigenvalue weighted by atomic mass is 9.99. The van der Waals surface area contributed by atoms with Crippen molar-refractivity contribution < 1.29 is 9.45 Å². The molecule has 3 atom stereocenters. The molecule has 0 amide bonds. The van der Waals surface area contributed by atoms with Crippen LogP contribution in [0.2, 0.25) is 0 Å². The molecule has 0 aliphatic carbocycles. The van der Waals surface area contributed by atoms with Gasteiger partial charge in [-0.25, -0.2) is 0 Å². The summed E-state index contributed by atoms with van der Waals surface area (Å²) < 4.78 is 5.11. The highest BCUT2D eigenvalue weighted by Crippen LogP contribution is 2.23. The van der Waals surface area contributed by atoms with E-state index in [-0.39, 0.29) is 6.13 Å². The molecule has 1 N–H and O–H groups in total. The fourth-order valence-corrected chi connectivity index (χ4v) is 2.81. The van der Waals surface area contributed by atoms with Gasteiger partial charge in [0.1, 0.15) is 6.29 Å². The number of likely N-dealkylation sites (tertiary alicyclic amines) is 1. The van der Waals surface area contributed by atoms with Crippen molar-refractivity contribution in [2.75, 3.05) is 13.1 Å². The Hall–Kier alpha value is -1.17. The molecule has 2 fully saturated rings. The SMILES string of the molecule is O=CC[C@H]1CN(Cc2ccccc2)C[C@@H]1NC1[B]O1. The van der Waals surface area contributed by atoms with Crippen molar-refractivity contribution in [3.05, 3.63) is 35.9 Å². The van der Waals surface area contributed by atoms with E-state index < -0.39 is 0 Å². The maximum atomic E-state index is 10.8. The Morgan fingerprint density at radius 1 is 1.37 bits per heavy atom. The molecule has 0 aromatic heterocycles. The molecule has 2 saturated heterocycles. The molecule has 2 aliphatic heterocycles. The highest BCUT2D eigenvalue weighted by Gasteiger charge is 2.37. The molecule has 1 aromatic carbocycles. The summed E-state index contributed by atoms with van der Waals surface area (Å²) in [6.45, 7) is 2.89. The van der Waals surface area contributed by atoms with Gasteiger partial charge in [0, 0.05) is 32.1 Å². The molecule has 0 spiro atoms. The molecule has 1 radical (unpaired) electrons. The van der Waals surface area contributed by atoms with Crippen molar-refractivity contribution in [2.24, 2.45) is 5.92 Å². The zero-order valence-corrected chi connectivity index (χ0v) is 10.9. The molecule has 2 heterocycles. The summed E-state index contributed by atoms with van der Waals surface area (Å²) in [6.07, 6.45) is 1.74. The van der Waals surface area contributed by atoms with Gasteiger partial charge in [0.15, 0.2) is 0 Å². The monoisotopic (exact) mass is 257 g/mol. The number of carbonyl (C=O) groups is 1. The minimum absolute atomic E-state index is 0.0934. The van der Waals surface area contributed by atoms with Gasteiger partial charge in [-0.2, -0.15) is 0 Å². The van der Waals surface area contributed by atoms with Crippen LogP contribution in [0, 0.1) is 5.92 Å². The van der Waals surface area contributed by atoms with Gasteiger partial charge >= 0.3 is 7.48 Å². The molecular formula is C14H18BN2O2. The molecule has 1 aromatic rings. The number of hydrogen-bond acceptors (Lipinski definition) is 4. The summed E-state index contributed by atoms with van der Waals surface area (Å²) in [5.41, 5.74) is 1.32. The van der Waals surface area contributed by atoms with Gasteiger partial charge in [-0.3, -0.25) is 10.2 Å². The third kappa shape index (κ3) is 3.44. The molecular weight excluding hydrogens is 239 g/mol. The number of carbonyl (C=O) groups excluding carboxylic acids is 1. The van der Waals surface area contributed by atoms with Crippen molar-refractivity contribution in [2.45, 2.75) is 25.1 Å². The summed E-state index contributed by atoms with van der Waals surface area (Å²) in [5.74, 6) is 0.388. The number of hydrogen-bond donors (Lipinski definition) is 1. The Morgan fingerprint density at radius 3 is 2.84 bits per heavy atom. The van der Waals surface area contributed by atoms with Gasteiger partial charge in [0.05, 0.1) is 6.13 Å². The fourth-order valence-electron chi connectivity index (χ4n) is 2.81. The minimum atomic E-state index is 0.0934. The van der Waals surface area contributed by atoms with Gasteiger partial charge in [-0.1, -0.05) is 30.3 Å². The van der Waals surface area contributed by atoms with Crippen molar-refractivity contribution in [1.82, 2.24) is 10.2 Å². The number of nitrogens with zero attached hydrogens (tertiary/aromatic N) is 1. The zero-order chi connectivity index (χ0) is 13.1. The second kappa shape index (κ2) is 5.86. The Labute approximate surface area is 114 Å². The van der Waals surface area contributed by atoms with Crippen LogP contribution in [0.15, 0.2) is 30.3 Å². The van der Waals surface area contributed by atoms with Crippen LogP contribution >= 0.6 is 0 Å². The molecule has 3 rings (SSSR count). The average Bonchev–Trinajstić information content (AvgIpc) is 3.15.